The van der Waals surface area contributed by atoms with Crippen LogP contribution in [-0.2, 0) is 0 Å². The molecule has 1 heterocycles. The lowest BCUT2D eigenvalue weighted by atomic mass is 10.1. The van der Waals surface area contributed by atoms with E-state index in [1.54, 1.807) is 7.11 Å². The van der Waals surface area contributed by atoms with Crippen molar-refractivity contribution in [1.82, 2.24) is 0 Å². The SMILES string of the molecule is COc1cccc(C2=Nc3ccccc3N=CC2)c1. The molecule has 0 saturated carbocycles. The van der Waals surface area contributed by atoms with Gasteiger partial charge in [0.1, 0.15) is 5.75 Å². The Labute approximate surface area is 112 Å². The minimum Gasteiger partial charge on any atom is -0.497 e. The summed E-state index contributed by atoms with van der Waals surface area (Å²) in [6.07, 6.45) is 2.63. The number of rotatable bonds is 2. The molecule has 0 aromatic heterocycles. The van der Waals surface area contributed by atoms with E-state index >= 15 is 0 Å². The smallest absolute Gasteiger partial charge is 0.119 e. The lowest BCUT2D eigenvalue weighted by molar-refractivity contribution is 0.414. The van der Waals surface area contributed by atoms with Crippen LogP contribution >= 0.6 is 0 Å². The van der Waals surface area contributed by atoms with E-state index in [-0.39, 0.29) is 0 Å². The van der Waals surface area contributed by atoms with Gasteiger partial charge in [0.05, 0.1) is 24.2 Å². The Kier molecular flexibility index (Phi) is 3.11. The van der Waals surface area contributed by atoms with E-state index < -0.39 is 0 Å². The van der Waals surface area contributed by atoms with Gasteiger partial charge in [-0.2, -0.15) is 0 Å². The summed E-state index contributed by atoms with van der Waals surface area (Å²) in [5, 5.41) is 0. The van der Waals surface area contributed by atoms with Crippen LogP contribution in [0.4, 0.5) is 11.4 Å². The lowest BCUT2D eigenvalue weighted by Gasteiger charge is -2.06. The number of benzene rings is 2. The van der Waals surface area contributed by atoms with Crippen molar-refractivity contribution in [2.45, 2.75) is 6.42 Å². The Bertz CT molecular complexity index is 659. The molecular weight excluding hydrogens is 236 g/mol. The molecule has 3 nitrogen and oxygen atoms in total. The highest BCUT2D eigenvalue weighted by Gasteiger charge is 2.09. The molecule has 0 amide bonds. The zero-order valence-electron chi connectivity index (χ0n) is 10.7. The van der Waals surface area contributed by atoms with Gasteiger partial charge in [-0.3, -0.25) is 9.98 Å². The predicted octanol–water partition coefficient (Wildman–Crippen LogP) is 3.92. The highest BCUT2D eigenvalue weighted by molar-refractivity contribution is 6.10. The van der Waals surface area contributed by atoms with Crippen molar-refractivity contribution >= 4 is 23.3 Å². The summed E-state index contributed by atoms with van der Waals surface area (Å²) in [7, 11) is 1.67. The van der Waals surface area contributed by atoms with E-state index in [9.17, 15) is 0 Å². The first-order valence-corrected chi connectivity index (χ1v) is 6.20. The van der Waals surface area contributed by atoms with E-state index in [2.05, 4.69) is 4.99 Å². The number of hydrogen-bond donors (Lipinski definition) is 0. The summed E-state index contributed by atoms with van der Waals surface area (Å²) in [5.74, 6) is 0.842. The molecule has 0 bridgehead atoms. The molecule has 0 atom stereocenters. The quantitative estimate of drug-likeness (QED) is 0.795. The Morgan fingerprint density at radius 3 is 2.68 bits per heavy atom. The third kappa shape index (κ3) is 2.40. The van der Waals surface area contributed by atoms with Gasteiger partial charge in [-0.05, 0) is 29.8 Å². The van der Waals surface area contributed by atoms with Gasteiger partial charge in [-0.15, -0.1) is 0 Å². The molecule has 0 radical (unpaired) electrons. The van der Waals surface area contributed by atoms with Crippen LogP contribution in [-0.4, -0.2) is 19.0 Å². The first-order valence-electron chi connectivity index (χ1n) is 6.20. The van der Waals surface area contributed by atoms with E-state index in [1.807, 2.05) is 54.7 Å². The predicted molar refractivity (Wildman–Crippen MR) is 78.4 cm³/mol. The molecule has 0 spiro atoms. The van der Waals surface area contributed by atoms with Crippen LogP contribution in [0, 0.1) is 0 Å². The minimum atomic E-state index is 0.724. The zero-order chi connectivity index (χ0) is 13.1. The molecule has 2 aromatic carbocycles. The van der Waals surface area contributed by atoms with Crippen molar-refractivity contribution in [1.29, 1.82) is 0 Å². The fraction of sp³-hybridized carbons (Fsp3) is 0.125. The first kappa shape index (κ1) is 11.7. The maximum Gasteiger partial charge on any atom is 0.119 e. The third-order valence-electron chi connectivity index (χ3n) is 3.06. The van der Waals surface area contributed by atoms with E-state index in [0.717, 1.165) is 34.8 Å². The largest absolute Gasteiger partial charge is 0.497 e. The molecule has 0 aliphatic carbocycles. The summed E-state index contributed by atoms with van der Waals surface area (Å²) >= 11 is 0. The number of para-hydroxylation sites is 2. The molecule has 19 heavy (non-hydrogen) atoms. The second kappa shape index (κ2) is 5.06. The van der Waals surface area contributed by atoms with Gasteiger partial charge >= 0.3 is 0 Å². The number of nitrogens with zero attached hydrogens (tertiary/aromatic N) is 2. The molecule has 94 valence electrons. The summed E-state index contributed by atoms with van der Waals surface area (Å²) in [5.41, 5.74) is 3.91. The molecule has 0 fully saturated rings. The van der Waals surface area contributed by atoms with Crippen LogP contribution in [0.3, 0.4) is 0 Å². The van der Waals surface area contributed by atoms with Crippen molar-refractivity contribution in [2.24, 2.45) is 9.98 Å². The van der Waals surface area contributed by atoms with Gasteiger partial charge in [0.15, 0.2) is 0 Å². The molecule has 3 rings (SSSR count). The topological polar surface area (TPSA) is 34.0 Å². The van der Waals surface area contributed by atoms with Gasteiger partial charge in [0, 0.05) is 12.6 Å². The lowest BCUT2D eigenvalue weighted by Crippen LogP contribution is -2.00. The van der Waals surface area contributed by atoms with Gasteiger partial charge in [-0.1, -0.05) is 24.3 Å². The molecule has 0 saturated heterocycles. The molecule has 0 unspecified atom stereocenters. The number of hydrogen-bond acceptors (Lipinski definition) is 3. The molecular formula is C16H14N2O. The summed E-state index contributed by atoms with van der Waals surface area (Å²) in [6, 6.07) is 15.9. The first-order chi connectivity index (χ1) is 9.36. The van der Waals surface area contributed by atoms with Crippen molar-refractivity contribution in [3.63, 3.8) is 0 Å². The summed E-state index contributed by atoms with van der Waals surface area (Å²) in [4.78, 5) is 9.16. The van der Waals surface area contributed by atoms with Crippen molar-refractivity contribution in [3.8, 4) is 5.75 Å². The van der Waals surface area contributed by atoms with Gasteiger partial charge in [0.25, 0.3) is 0 Å². The summed E-state index contributed by atoms with van der Waals surface area (Å²) in [6.45, 7) is 0. The van der Waals surface area contributed by atoms with E-state index in [1.165, 1.54) is 0 Å². The number of fused-ring (bicyclic) bond motifs is 1. The number of aliphatic imine (C=N–C) groups is 2. The average molecular weight is 250 g/mol. The maximum absolute atomic E-state index is 5.26. The number of ether oxygens (including phenoxy) is 1. The fourth-order valence-electron chi connectivity index (χ4n) is 2.07. The average Bonchev–Trinajstić information content (AvgIpc) is 2.69. The van der Waals surface area contributed by atoms with Crippen LogP contribution < -0.4 is 4.74 Å². The van der Waals surface area contributed by atoms with Crippen molar-refractivity contribution in [2.75, 3.05) is 7.11 Å². The molecule has 2 aromatic rings. The fourth-order valence-corrected chi connectivity index (χ4v) is 2.07. The Morgan fingerprint density at radius 1 is 1.00 bits per heavy atom. The minimum absolute atomic E-state index is 0.724. The van der Waals surface area contributed by atoms with Gasteiger partial charge in [0.2, 0.25) is 0 Å². The molecule has 1 aliphatic rings. The summed E-state index contributed by atoms with van der Waals surface area (Å²) < 4.78 is 5.26. The monoisotopic (exact) mass is 250 g/mol. The van der Waals surface area contributed by atoms with E-state index in [4.69, 9.17) is 9.73 Å². The molecule has 0 N–H and O–H groups in total. The second-order valence-electron chi connectivity index (χ2n) is 4.29. The van der Waals surface area contributed by atoms with E-state index in [0.29, 0.717) is 0 Å². The van der Waals surface area contributed by atoms with Crippen LogP contribution in [0.1, 0.15) is 12.0 Å². The Hall–Kier alpha value is -2.42. The van der Waals surface area contributed by atoms with Crippen molar-refractivity contribution in [3.05, 3.63) is 54.1 Å². The van der Waals surface area contributed by atoms with Crippen LogP contribution in [0.15, 0.2) is 58.5 Å². The Morgan fingerprint density at radius 2 is 1.84 bits per heavy atom. The zero-order valence-corrected chi connectivity index (χ0v) is 10.7. The normalized spacial score (nSPS) is 13.4. The maximum atomic E-state index is 5.26. The Balaban J connectivity index is 2.06. The molecule has 1 aliphatic heterocycles. The number of methoxy groups -OCH3 is 1. The van der Waals surface area contributed by atoms with Gasteiger partial charge < -0.3 is 4.74 Å². The second-order valence-corrected chi connectivity index (χ2v) is 4.29. The molecule has 3 heteroatoms. The van der Waals surface area contributed by atoms with Crippen molar-refractivity contribution < 1.29 is 4.74 Å². The standard InChI is InChI=1S/C16H14N2O/c1-19-13-6-4-5-12(11-13)14-9-10-17-15-7-2-3-8-16(15)18-14/h2-8,10-11H,9H2,1H3. The third-order valence-corrected chi connectivity index (χ3v) is 3.06. The highest BCUT2D eigenvalue weighted by atomic mass is 16.5. The van der Waals surface area contributed by atoms with Gasteiger partial charge in [-0.25, -0.2) is 0 Å². The van der Waals surface area contributed by atoms with Crippen LogP contribution in [0.5, 0.6) is 5.75 Å². The highest BCUT2D eigenvalue weighted by Crippen LogP contribution is 2.30. The van der Waals surface area contributed by atoms with Crippen LogP contribution in [0.25, 0.3) is 0 Å². The van der Waals surface area contributed by atoms with Crippen LogP contribution in [0.2, 0.25) is 0 Å².